The minimum atomic E-state index is 0.281. The summed E-state index contributed by atoms with van der Waals surface area (Å²) >= 11 is 0. The molecule has 1 heterocycles. The lowest BCUT2D eigenvalue weighted by Crippen LogP contribution is -2.48. The Hall–Kier alpha value is -1.39. The number of aryl methyl sites for hydroxylation is 1. The molecule has 1 aromatic carbocycles. The third-order valence-electron chi connectivity index (χ3n) is 4.26. The van der Waals surface area contributed by atoms with Crippen LogP contribution in [0.3, 0.4) is 0 Å². The van der Waals surface area contributed by atoms with Gasteiger partial charge in [0.05, 0.1) is 0 Å². The molecular formula is C17H27N3O. The maximum atomic E-state index is 12.1. The molecule has 1 saturated heterocycles. The van der Waals surface area contributed by atoms with Gasteiger partial charge in [0.25, 0.3) is 0 Å². The van der Waals surface area contributed by atoms with Crippen molar-refractivity contribution in [3.8, 4) is 0 Å². The third-order valence-corrected chi connectivity index (χ3v) is 4.26. The van der Waals surface area contributed by atoms with Crippen molar-refractivity contribution >= 4 is 5.91 Å². The number of likely N-dealkylation sites (N-methyl/N-ethyl adjacent to an activating group) is 1. The first kappa shape index (κ1) is 16.0. The van der Waals surface area contributed by atoms with Crippen LogP contribution in [0.5, 0.6) is 0 Å². The number of nitrogens with one attached hydrogen (secondary N) is 1. The van der Waals surface area contributed by atoms with E-state index in [2.05, 4.69) is 48.3 Å². The summed E-state index contributed by atoms with van der Waals surface area (Å²) in [6.45, 7) is 10.7. The molecule has 1 amide bonds. The average molecular weight is 289 g/mol. The van der Waals surface area contributed by atoms with Crippen molar-refractivity contribution in [3.63, 3.8) is 0 Å². The Labute approximate surface area is 128 Å². The second-order valence-electron chi connectivity index (χ2n) is 5.67. The van der Waals surface area contributed by atoms with Crippen LogP contribution in [0.4, 0.5) is 0 Å². The second kappa shape index (κ2) is 8.15. The smallest absolute Gasteiger partial charge is 0.223 e. The number of hydrogen-bond acceptors (Lipinski definition) is 3. The molecule has 1 aromatic rings. The molecule has 0 aliphatic carbocycles. The molecule has 0 aromatic heterocycles. The lowest BCUT2D eigenvalue weighted by molar-refractivity contribution is -0.132. The maximum Gasteiger partial charge on any atom is 0.223 e. The molecule has 2 rings (SSSR count). The number of piperazine rings is 1. The van der Waals surface area contributed by atoms with Gasteiger partial charge in [-0.05, 0) is 24.6 Å². The van der Waals surface area contributed by atoms with Crippen molar-refractivity contribution in [2.75, 3.05) is 39.3 Å². The first-order valence-electron chi connectivity index (χ1n) is 7.96. The highest BCUT2D eigenvalue weighted by molar-refractivity contribution is 5.76. The predicted molar refractivity (Wildman–Crippen MR) is 86.2 cm³/mol. The van der Waals surface area contributed by atoms with Gasteiger partial charge < -0.3 is 15.1 Å². The SMILES string of the molecule is CCN1CCN(C(=O)CCNCc2ccccc2C)CC1. The Morgan fingerprint density at radius 1 is 1.19 bits per heavy atom. The quantitative estimate of drug-likeness (QED) is 0.809. The molecule has 21 heavy (non-hydrogen) atoms. The molecule has 0 bridgehead atoms. The molecule has 1 aliphatic rings. The summed E-state index contributed by atoms with van der Waals surface area (Å²) in [5, 5.41) is 3.37. The van der Waals surface area contributed by atoms with Crippen LogP contribution in [0, 0.1) is 6.92 Å². The van der Waals surface area contributed by atoms with Crippen LogP contribution < -0.4 is 5.32 Å². The van der Waals surface area contributed by atoms with Crippen molar-refractivity contribution < 1.29 is 4.79 Å². The summed E-state index contributed by atoms with van der Waals surface area (Å²) in [6, 6.07) is 8.37. The molecule has 0 saturated carbocycles. The zero-order chi connectivity index (χ0) is 15.1. The van der Waals surface area contributed by atoms with Gasteiger partial charge in [-0.2, -0.15) is 0 Å². The van der Waals surface area contributed by atoms with Crippen LogP contribution in [0.2, 0.25) is 0 Å². The average Bonchev–Trinajstić information content (AvgIpc) is 2.53. The molecule has 0 atom stereocenters. The number of rotatable bonds is 6. The van der Waals surface area contributed by atoms with E-state index < -0.39 is 0 Å². The lowest BCUT2D eigenvalue weighted by Gasteiger charge is -2.34. The molecule has 1 N–H and O–H groups in total. The molecule has 0 radical (unpaired) electrons. The van der Waals surface area contributed by atoms with E-state index in [1.807, 2.05) is 4.90 Å². The van der Waals surface area contributed by atoms with Crippen molar-refractivity contribution in [2.24, 2.45) is 0 Å². The van der Waals surface area contributed by atoms with E-state index in [0.717, 1.165) is 45.8 Å². The largest absolute Gasteiger partial charge is 0.340 e. The zero-order valence-corrected chi connectivity index (χ0v) is 13.3. The van der Waals surface area contributed by atoms with Gasteiger partial charge in [0.1, 0.15) is 0 Å². The molecule has 0 spiro atoms. The van der Waals surface area contributed by atoms with E-state index in [4.69, 9.17) is 0 Å². The Morgan fingerprint density at radius 2 is 1.90 bits per heavy atom. The van der Waals surface area contributed by atoms with Crippen LogP contribution in [0.25, 0.3) is 0 Å². The monoisotopic (exact) mass is 289 g/mol. The van der Waals surface area contributed by atoms with E-state index in [0.29, 0.717) is 6.42 Å². The minimum Gasteiger partial charge on any atom is -0.340 e. The molecule has 116 valence electrons. The van der Waals surface area contributed by atoms with E-state index in [1.54, 1.807) is 0 Å². The van der Waals surface area contributed by atoms with Gasteiger partial charge in [0, 0.05) is 45.7 Å². The highest BCUT2D eigenvalue weighted by Crippen LogP contribution is 2.06. The number of benzene rings is 1. The van der Waals surface area contributed by atoms with Gasteiger partial charge in [0.15, 0.2) is 0 Å². The van der Waals surface area contributed by atoms with Crippen molar-refractivity contribution in [2.45, 2.75) is 26.8 Å². The zero-order valence-electron chi connectivity index (χ0n) is 13.3. The van der Waals surface area contributed by atoms with E-state index >= 15 is 0 Å². The van der Waals surface area contributed by atoms with Crippen molar-refractivity contribution in [1.29, 1.82) is 0 Å². The van der Waals surface area contributed by atoms with Crippen molar-refractivity contribution in [3.05, 3.63) is 35.4 Å². The lowest BCUT2D eigenvalue weighted by atomic mass is 10.1. The first-order valence-corrected chi connectivity index (χ1v) is 7.96. The molecule has 4 nitrogen and oxygen atoms in total. The molecule has 1 aliphatic heterocycles. The van der Waals surface area contributed by atoms with Gasteiger partial charge in [-0.15, -0.1) is 0 Å². The minimum absolute atomic E-state index is 0.281. The standard InChI is InChI=1S/C17H27N3O/c1-3-19-10-12-20(13-11-19)17(21)8-9-18-14-16-7-5-4-6-15(16)2/h4-7,18H,3,8-14H2,1-2H3. The molecule has 0 unspecified atom stereocenters. The van der Waals surface area contributed by atoms with Gasteiger partial charge in [-0.3, -0.25) is 4.79 Å². The summed E-state index contributed by atoms with van der Waals surface area (Å²) in [6.07, 6.45) is 0.595. The highest BCUT2D eigenvalue weighted by Gasteiger charge is 2.19. The predicted octanol–water partition coefficient (Wildman–Crippen LogP) is 1.64. The summed E-state index contributed by atoms with van der Waals surface area (Å²) < 4.78 is 0. The van der Waals surface area contributed by atoms with E-state index in [1.165, 1.54) is 11.1 Å². The fraction of sp³-hybridized carbons (Fsp3) is 0.588. The van der Waals surface area contributed by atoms with Gasteiger partial charge >= 0.3 is 0 Å². The Bertz CT molecular complexity index is 453. The Kier molecular flexibility index (Phi) is 6.21. The Morgan fingerprint density at radius 3 is 2.57 bits per heavy atom. The Balaban J connectivity index is 1.65. The number of amides is 1. The molecular weight excluding hydrogens is 262 g/mol. The second-order valence-corrected chi connectivity index (χ2v) is 5.67. The molecule has 4 heteroatoms. The van der Waals surface area contributed by atoms with Gasteiger partial charge in [-0.1, -0.05) is 31.2 Å². The maximum absolute atomic E-state index is 12.1. The number of hydrogen-bond donors (Lipinski definition) is 1. The number of carbonyl (C=O) groups excluding carboxylic acids is 1. The summed E-state index contributed by atoms with van der Waals surface area (Å²) in [5.41, 5.74) is 2.61. The van der Waals surface area contributed by atoms with E-state index in [9.17, 15) is 4.79 Å². The van der Waals surface area contributed by atoms with Gasteiger partial charge in [-0.25, -0.2) is 0 Å². The third kappa shape index (κ3) is 4.83. The van der Waals surface area contributed by atoms with E-state index in [-0.39, 0.29) is 5.91 Å². The van der Waals surface area contributed by atoms with Crippen LogP contribution >= 0.6 is 0 Å². The summed E-state index contributed by atoms with van der Waals surface area (Å²) in [7, 11) is 0. The van der Waals surface area contributed by atoms with Gasteiger partial charge in [0.2, 0.25) is 5.91 Å². The fourth-order valence-corrected chi connectivity index (χ4v) is 2.70. The molecule has 1 fully saturated rings. The first-order chi connectivity index (χ1) is 10.2. The summed E-state index contributed by atoms with van der Waals surface area (Å²) in [5.74, 6) is 0.281. The van der Waals surface area contributed by atoms with Crippen LogP contribution in [-0.4, -0.2) is 55.0 Å². The van der Waals surface area contributed by atoms with Crippen molar-refractivity contribution in [1.82, 2.24) is 15.1 Å². The number of nitrogens with zero attached hydrogens (tertiary/aromatic N) is 2. The normalized spacial score (nSPS) is 16.2. The van der Waals surface area contributed by atoms with Crippen LogP contribution in [0.1, 0.15) is 24.5 Å². The number of carbonyl (C=O) groups is 1. The van der Waals surface area contributed by atoms with Crippen LogP contribution in [-0.2, 0) is 11.3 Å². The highest BCUT2D eigenvalue weighted by atomic mass is 16.2. The topological polar surface area (TPSA) is 35.6 Å². The summed E-state index contributed by atoms with van der Waals surface area (Å²) in [4.78, 5) is 16.5. The fourth-order valence-electron chi connectivity index (χ4n) is 2.70. The van der Waals surface area contributed by atoms with Crippen LogP contribution in [0.15, 0.2) is 24.3 Å².